The summed E-state index contributed by atoms with van der Waals surface area (Å²) in [6, 6.07) is 14.5. The maximum Gasteiger partial charge on any atom is 0.0597 e. The Bertz CT molecular complexity index is 460. The van der Waals surface area contributed by atoms with Crippen LogP contribution < -0.4 is 5.32 Å². The molecule has 0 bridgehead atoms. The third-order valence-electron chi connectivity index (χ3n) is 2.47. The average molecular weight is 212 g/mol. The number of nitrogens with one attached hydrogen (secondary N) is 1. The molecule has 0 unspecified atom stereocenters. The van der Waals surface area contributed by atoms with Gasteiger partial charge < -0.3 is 5.32 Å². The van der Waals surface area contributed by atoms with E-state index in [4.69, 9.17) is 0 Å². The van der Waals surface area contributed by atoms with Crippen molar-refractivity contribution in [2.24, 2.45) is 0 Å². The topological polar surface area (TPSA) is 24.9 Å². The number of anilines is 1. The number of aryl methyl sites for hydroxylation is 2. The lowest BCUT2D eigenvalue weighted by atomic mass is 10.2. The molecule has 0 radical (unpaired) electrons. The highest BCUT2D eigenvalue weighted by Crippen LogP contribution is 2.10. The number of hydrogen-bond acceptors (Lipinski definition) is 2. The van der Waals surface area contributed by atoms with Gasteiger partial charge in [0.05, 0.1) is 12.2 Å². The average Bonchev–Trinajstić information content (AvgIpc) is 2.28. The fraction of sp³-hybridized carbons (Fsp3) is 0.214. The van der Waals surface area contributed by atoms with Crippen molar-refractivity contribution in [1.82, 2.24) is 4.98 Å². The summed E-state index contributed by atoms with van der Waals surface area (Å²) < 4.78 is 0. The number of benzene rings is 1. The Morgan fingerprint density at radius 1 is 1.00 bits per heavy atom. The zero-order valence-corrected chi connectivity index (χ0v) is 9.70. The van der Waals surface area contributed by atoms with Gasteiger partial charge in [-0.3, -0.25) is 4.98 Å². The van der Waals surface area contributed by atoms with Crippen molar-refractivity contribution in [2.75, 3.05) is 5.32 Å². The SMILES string of the molecule is Cc1ccc(NCc2cccc(C)n2)cc1. The summed E-state index contributed by atoms with van der Waals surface area (Å²) in [5.74, 6) is 0. The van der Waals surface area contributed by atoms with Gasteiger partial charge in [-0.2, -0.15) is 0 Å². The second-order valence-electron chi connectivity index (χ2n) is 3.99. The quantitative estimate of drug-likeness (QED) is 0.844. The molecule has 1 aromatic carbocycles. The van der Waals surface area contributed by atoms with Crippen molar-refractivity contribution in [3.8, 4) is 0 Å². The zero-order valence-electron chi connectivity index (χ0n) is 9.70. The maximum absolute atomic E-state index is 4.44. The minimum Gasteiger partial charge on any atom is -0.379 e. The first-order chi connectivity index (χ1) is 7.74. The molecule has 0 aliphatic heterocycles. The standard InChI is InChI=1S/C14H16N2/c1-11-6-8-13(9-7-11)15-10-14-5-3-4-12(2)16-14/h3-9,15H,10H2,1-2H3. The smallest absolute Gasteiger partial charge is 0.0597 e. The first kappa shape index (κ1) is 10.7. The number of nitrogens with zero attached hydrogens (tertiary/aromatic N) is 1. The van der Waals surface area contributed by atoms with E-state index in [9.17, 15) is 0 Å². The Hall–Kier alpha value is -1.83. The highest BCUT2D eigenvalue weighted by molar-refractivity contribution is 5.44. The van der Waals surface area contributed by atoms with Crippen LogP contribution in [0.3, 0.4) is 0 Å². The van der Waals surface area contributed by atoms with E-state index in [0.717, 1.165) is 23.6 Å². The molecule has 0 saturated heterocycles. The first-order valence-electron chi connectivity index (χ1n) is 5.47. The van der Waals surface area contributed by atoms with E-state index in [2.05, 4.69) is 41.5 Å². The van der Waals surface area contributed by atoms with Crippen LogP contribution in [0.1, 0.15) is 17.0 Å². The van der Waals surface area contributed by atoms with Crippen LogP contribution in [0, 0.1) is 13.8 Å². The Kier molecular flexibility index (Phi) is 3.20. The Labute approximate surface area is 96.4 Å². The van der Waals surface area contributed by atoms with Crippen LogP contribution in [0.15, 0.2) is 42.5 Å². The van der Waals surface area contributed by atoms with Gasteiger partial charge >= 0.3 is 0 Å². The molecule has 2 aromatic rings. The minimum atomic E-state index is 0.769. The number of rotatable bonds is 3. The molecule has 0 aliphatic rings. The fourth-order valence-corrected chi connectivity index (χ4v) is 1.56. The number of aromatic nitrogens is 1. The predicted octanol–water partition coefficient (Wildman–Crippen LogP) is 3.31. The summed E-state index contributed by atoms with van der Waals surface area (Å²) in [5.41, 5.74) is 4.54. The van der Waals surface area contributed by atoms with Crippen LogP contribution in [0.5, 0.6) is 0 Å². The molecule has 1 heterocycles. The van der Waals surface area contributed by atoms with Gasteiger partial charge in [-0.25, -0.2) is 0 Å². The predicted molar refractivity (Wildman–Crippen MR) is 67.5 cm³/mol. The Morgan fingerprint density at radius 3 is 2.44 bits per heavy atom. The van der Waals surface area contributed by atoms with Gasteiger partial charge in [0.2, 0.25) is 0 Å². The van der Waals surface area contributed by atoms with Crippen molar-refractivity contribution in [2.45, 2.75) is 20.4 Å². The molecule has 0 atom stereocenters. The normalized spacial score (nSPS) is 10.1. The maximum atomic E-state index is 4.44. The van der Waals surface area contributed by atoms with Crippen molar-refractivity contribution >= 4 is 5.69 Å². The molecule has 1 N–H and O–H groups in total. The van der Waals surface area contributed by atoms with Crippen LogP contribution >= 0.6 is 0 Å². The van der Waals surface area contributed by atoms with Gasteiger partial charge in [0.15, 0.2) is 0 Å². The van der Waals surface area contributed by atoms with E-state index in [1.807, 2.05) is 25.1 Å². The lowest BCUT2D eigenvalue weighted by molar-refractivity contribution is 1.01. The Balaban J connectivity index is 1.99. The summed E-state index contributed by atoms with van der Waals surface area (Å²) in [4.78, 5) is 4.44. The van der Waals surface area contributed by atoms with Crippen LogP contribution in [0.2, 0.25) is 0 Å². The third-order valence-corrected chi connectivity index (χ3v) is 2.47. The third kappa shape index (κ3) is 2.83. The van der Waals surface area contributed by atoms with Crippen molar-refractivity contribution < 1.29 is 0 Å². The highest BCUT2D eigenvalue weighted by atomic mass is 14.9. The molecule has 0 aliphatic carbocycles. The second-order valence-corrected chi connectivity index (χ2v) is 3.99. The summed E-state index contributed by atoms with van der Waals surface area (Å²) in [5, 5.41) is 3.35. The molecule has 0 saturated carbocycles. The molecule has 16 heavy (non-hydrogen) atoms. The molecule has 2 nitrogen and oxygen atoms in total. The van der Waals surface area contributed by atoms with Gasteiger partial charge in [-0.1, -0.05) is 23.8 Å². The molecule has 2 heteroatoms. The second kappa shape index (κ2) is 4.79. The van der Waals surface area contributed by atoms with E-state index in [-0.39, 0.29) is 0 Å². The highest BCUT2D eigenvalue weighted by Gasteiger charge is 1.95. The van der Waals surface area contributed by atoms with E-state index < -0.39 is 0 Å². The summed E-state index contributed by atoms with van der Waals surface area (Å²) in [6.45, 7) is 4.87. The lowest BCUT2D eigenvalue weighted by Crippen LogP contribution is -2.01. The molecule has 82 valence electrons. The summed E-state index contributed by atoms with van der Waals surface area (Å²) in [6.07, 6.45) is 0. The fourth-order valence-electron chi connectivity index (χ4n) is 1.56. The van der Waals surface area contributed by atoms with Gasteiger partial charge in [0.25, 0.3) is 0 Å². The van der Waals surface area contributed by atoms with E-state index in [1.165, 1.54) is 5.56 Å². The van der Waals surface area contributed by atoms with Crippen molar-refractivity contribution in [1.29, 1.82) is 0 Å². The molecule has 1 aromatic heterocycles. The van der Waals surface area contributed by atoms with Crippen molar-refractivity contribution in [3.63, 3.8) is 0 Å². The van der Waals surface area contributed by atoms with Crippen molar-refractivity contribution in [3.05, 3.63) is 59.4 Å². The molecular weight excluding hydrogens is 196 g/mol. The molecule has 0 fully saturated rings. The molecule has 2 rings (SSSR count). The van der Waals surface area contributed by atoms with E-state index in [0.29, 0.717) is 0 Å². The van der Waals surface area contributed by atoms with E-state index >= 15 is 0 Å². The van der Waals surface area contributed by atoms with Gasteiger partial charge in [0.1, 0.15) is 0 Å². The summed E-state index contributed by atoms with van der Waals surface area (Å²) in [7, 11) is 0. The lowest BCUT2D eigenvalue weighted by Gasteiger charge is -2.06. The minimum absolute atomic E-state index is 0.769. The number of pyridine rings is 1. The van der Waals surface area contributed by atoms with Gasteiger partial charge in [-0.15, -0.1) is 0 Å². The van der Waals surface area contributed by atoms with Gasteiger partial charge in [-0.05, 0) is 38.1 Å². The van der Waals surface area contributed by atoms with E-state index in [1.54, 1.807) is 0 Å². The van der Waals surface area contributed by atoms with Gasteiger partial charge in [0, 0.05) is 11.4 Å². The molecule has 0 amide bonds. The summed E-state index contributed by atoms with van der Waals surface area (Å²) >= 11 is 0. The van der Waals surface area contributed by atoms with Crippen LogP contribution in [-0.2, 0) is 6.54 Å². The Morgan fingerprint density at radius 2 is 1.75 bits per heavy atom. The largest absolute Gasteiger partial charge is 0.379 e. The van der Waals surface area contributed by atoms with Crippen LogP contribution in [0.4, 0.5) is 5.69 Å². The molecule has 0 spiro atoms. The number of hydrogen-bond donors (Lipinski definition) is 1. The monoisotopic (exact) mass is 212 g/mol. The van der Waals surface area contributed by atoms with Crippen LogP contribution in [0.25, 0.3) is 0 Å². The molecular formula is C14H16N2. The van der Waals surface area contributed by atoms with Crippen LogP contribution in [-0.4, -0.2) is 4.98 Å². The zero-order chi connectivity index (χ0) is 11.4. The first-order valence-corrected chi connectivity index (χ1v) is 5.47.